The van der Waals surface area contributed by atoms with Gasteiger partial charge in [0, 0.05) is 35.5 Å². The molecule has 3 nitrogen and oxygen atoms in total. The highest BCUT2D eigenvalue weighted by molar-refractivity contribution is 6.30. The number of hydrogen-bond donors (Lipinski definition) is 1. The van der Waals surface area contributed by atoms with Crippen molar-refractivity contribution in [2.24, 2.45) is 0 Å². The monoisotopic (exact) mass is 310 g/mol. The zero-order valence-electron chi connectivity index (χ0n) is 12.0. The normalized spacial score (nSPS) is 13.1. The van der Waals surface area contributed by atoms with E-state index in [0.717, 1.165) is 41.1 Å². The first kappa shape index (κ1) is 13.4. The molecule has 0 saturated heterocycles. The Morgan fingerprint density at radius 2 is 1.77 bits per heavy atom. The molecule has 0 atom stereocenters. The molecule has 0 bridgehead atoms. The Labute approximate surface area is 133 Å². The van der Waals surface area contributed by atoms with Crippen LogP contribution in [0.4, 0.5) is 5.82 Å². The maximum atomic E-state index is 12.6. The van der Waals surface area contributed by atoms with Gasteiger partial charge in [-0.15, -0.1) is 0 Å². The number of anilines is 1. The lowest BCUT2D eigenvalue weighted by molar-refractivity contribution is 0.777. The van der Waals surface area contributed by atoms with Crippen molar-refractivity contribution in [3.8, 4) is 0 Å². The van der Waals surface area contributed by atoms with Gasteiger partial charge in [-0.1, -0.05) is 41.9 Å². The number of benzene rings is 2. The molecule has 0 spiro atoms. The van der Waals surface area contributed by atoms with Gasteiger partial charge in [-0.05, 0) is 29.1 Å². The van der Waals surface area contributed by atoms with Gasteiger partial charge in [-0.2, -0.15) is 0 Å². The minimum absolute atomic E-state index is 0.0930. The highest BCUT2D eigenvalue weighted by Crippen LogP contribution is 2.28. The molecule has 4 heteroatoms. The fraction of sp³-hybridized carbons (Fsp3) is 0.167. The number of hydrogen-bond acceptors (Lipinski definition) is 2. The van der Waals surface area contributed by atoms with Crippen molar-refractivity contribution in [2.45, 2.75) is 13.0 Å². The average Bonchev–Trinajstić information content (AvgIpc) is 3.03. The lowest BCUT2D eigenvalue weighted by Gasteiger charge is -2.14. The van der Waals surface area contributed by atoms with Crippen LogP contribution in [-0.4, -0.2) is 11.1 Å². The van der Waals surface area contributed by atoms with Gasteiger partial charge < -0.3 is 5.32 Å². The number of fused-ring (bicyclic) bond motifs is 2. The summed E-state index contributed by atoms with van der Waals surface area (Å²) in [6.07, 6.45) is 0.778. The summed E-state index contributed by atoms with van der Waals surface area (Å²) in [6.45, 7) is 1.53. The highest BCUT2D eigenvalue weighted by Gasteiger charge is 2.20. The molecular formula is C18H15ClN2O. The van der Waals surface area contributed by atoms with Crippen LogP contribution in [0.2, 0.25) is 5.02 Å². The molecule has 0 saturated carbocycles. The van der Waals surface area contributed by atoms with Crippen molar-refractivity contribution in [3.05, 3.63) is 75.0 Å². The van der Waals surface area contributed by atoms with Crippen molar-refractivity contribution < 1.29 is 0 Å². The fourth-order valence-corrected chi connectivity index (χ4v) is 3.28. The highest BCUT2D eigenvalue weighted by atomic mass is 35.5. The van der Waals surface area contributed by atoms with Crippen LogP contribution in [0.15, 0.2) is 53.3 Å². The van der Waals surface area contributed by atoms with Crippen LogP contribution >= 0.6 is 11.6 Å². The van der Waals surface area contributed by atoms with Crippen LogP contribution < -0.4 is 10.9 Å². The van der Waals surface area contributed by atoms with E-state index in [1.807, 2.05) is 53.1 Å². The number of pyridine rings is 1. The van der Waals surface area contributed by atoms with Gasteiger partial charge in [-0.3, -0.25) is 9.36 Å². The molecule has 0 fully saturated rings. The molecule has 1 aliphatic rings. The second-order valence-electron chi connectivity index (χ2n) is 5.56. The first-order valence-corrected chi connectivity index (χ1v) is 7.74. The SMILES string of the molecule is O=c1c2ccccc2c(Cc2ccc(Cl)cc2)c2n1CCN2. The third-order valence-corrected chi connectivity index (χ3v) is 4.46. The predicted molar refractivity (Wildman–Crippen MR) is 91.0 cm³/mol. The summed E-state index contributed by atoms with van der Waals surface area (Å²) >= 11 is 5.97. The minimum atomic E-state index is 0.0930. The summed E-state index contributed by atoms with van der Waals surface area (Å²) in [6, 6.07) is 15.7. The third kappa shape index (κ3) is 2.09. The van der Waals surface area contributed by atoms with E-state index in [0.29, 0.717) is 0 Å². The van der Waals surface area contributed by atoms with Crippen molar-refractivity contribution in [1.29, 1.82) is 0 Å². The van der Waals surface area contributed by atoms with Gasteiger partial charge >= 0.3 is 0 Å². The van der Waals surface area contributed by atoms with E-state index in [2.05, 4.69) is 5.32 Å². The molecule has 2 aromatic carbocycles. The minimum Gasteiger partial charge on any atom is -0.369 e. The Morgan fingerprint density at radius 1 is 1.05 bits per heavy atom. The third-order valence-electron chi connectivity index (χ3n) is 4.21. The number of aromatic nitrogens is 1. The van der Waals surface area contributed by atoms with Crippen molar-refractivity contribution in [3.63, 3.8) is 0 Å². The summed E-state index contributed by atoms with van der Waals surface area (Å²) in [5.41, 5.74) is 2.45. The molecule has 4 rings (SSSR count). The summed E-state index contributed by atoms with van der Waals surface area (Å²) in [7, 11) is 0. The van der Waals surface area contributed by atoms with Gasteiger partial charge in [0.05, 0.1) is 0 Å². The van der Waals surface area contributed by atoms with Gasteiger partial charge in [0.2, 0.25) is 0 Å². The van der Waals surface area contributed by atoms with E-state index in [1.165, 1.54) is 11.1 Å². The van der Waals surface area contributed by atoms with Gasteiger partial charge in [0.1, 0.15) is 5.82 Å². The Balaban J connectivity index is 1.95. The van der Waals surface area contributed by atoms with Crippen LogP contribution in [0.1, 0.15) is 11.1 Å². The Bertz CT molecular complexity index is 913. The second kappa shape index (κ2) is 5.18. The zero-order valence-corrected chi connectivity index (χ0v) is 12.7. The van der Waals surface area contributed by atoms with E-state index in [4.69, 9.17) is 11.6 Å². The van der Waals surface area contributed by atoms with Gasteiger partial charge in [0.15, 0.2) is 0 Å². The molecule has 22 heavy (non-hydrogen) atoms. The first-order chi connectivity index (χ1) is 10.7. The molecule has 0 radical (unpaired) electrons. The lowest BCUT2D eigenvalue weighted by Crippen LogP contribution is -2.19. The topological polar surface area (TPSA) is 34.0 Å². The zero-order chi connectivity index (χ0) is 15.1. The summed E-state index contributed by atoms with van der Waals surface area (Å²) < 4.78 is 1.85. The smallest absolute Gasteiger partial charge is 0.260 e. The van der Waals surface area contributed by atoms with Crippen LogP contribution in [0.25, 0.3) is 10.8 Å². The lowest BCUT2D eigenvalue weighted by atomic mass is 9.99. The Morgan fingerprint density at radius 3 is 2.55 bits per heavy atom. The van der Waals surface area contributed by atoms with Gasteiger partial charge in [0.25, 0.3) is 5.56 Å². The van der Waals surface area contributed by atoms with Crippen LogP contribution in [0.5, 0.6) is 0 Å². The maximum Gasteiger partial charge on any atom is 0.260 e. The van der Waals surface area contributed by atoms with Crippen molar-refractivity contribution in [2.75, 3.05) is 11.9 Å². The molecule has 0 amide bonds. The largest absolute Gasteiger partial charge is 0.369 e. The van der Waals surface area contributed by atoms with E-state index in [1.54, 1.807) is 0 Å². The Hall–Kier alpha value is -2.26. The number of rotatable bonds is 2. The second-order valence-corrected chi connectivity index (χ2v) is 6.00. The maximum absolute atomic E-state index is 12.6. The average molecular weight is 311 g/mol. The van der Waals surface area contributed by atoms with E-state index >= 15 is 0 Å². The molecule has 3 aromatic rings. The van der Waals surface area contributed by atoms with E-state index < -0.39 is 0 Å². The number of nitrogens with zero attached hydrogens (tertiary/aromatic N) is 1. The number of nitrogens with one attached hydrogen (secondary N) is 1. The standard InChI is InChI=1S/C18H15ClN2O/c19-13-7-5-12(6-8-13)11-16-14-3-1-2-4-15(14)18(22)21-10-9-20-17(16)21/h1-8,20H,9-11H2. The predicted octanol–water partition coefficient (Wildman–Crippen LogP) is 3.67. The molecule has 110 valence electrons. The van der Waals surface area contributed by atoms with Crippen molar-refractivity contribution in [1.82, 2.24) is 4.57 Å². The first-order valence-electron chi connectivity index (χ1n) is 7.37. The molecule has 0 aliphatic carbocycles. The molecule has 0 unspecified atom stereocenters. The summed E-state index contributed by atoms with van der Waals surface area (Å²) in [5, 5.41) is 5.93. The van der Waals surface area contributed by atoms with Crippen LogP contribution in [-0.2, 0) is 13.0 Å². The molecular weight excluding hydrogens is 296 g/mol. The van der Waals surface area contributed by atoms with E-state index in [9.17, 15) is 4.79 Å². The molecule has 2 heterocycles. The van der Waals surface area contributed by atoms with Crippen molar-refractivity contribution >= 4 is 28.2 Å². The quantitative estimate of drug-likeness (QED) is 0.783. The Kier molecular flexibility index (Phi) is 3.16. The fourth-order valence-electron chi connectivity index (χ4n) is 3.16. The molecule has 1 aliphatic heterocycles. The van der Waals surface area contributed by atoms with E-state index in [-0.39, 0.29) is 5.56 Å². The number of halogens is 1. The molecule has 1 N–H and O–H groups in total. The summed E-state index contributed by atoms with van der Waals surface area (Å²) in [4.78, 5) is 12.6. The molecule has 1 aromatic heterocycles. The summed E-state index contributed by atoms with van der Waals surface area (Å²) in [5.74, 6) is 0.957. The van der Waals surface area contributed by atoms with Gasteiger partial charge in [-0.25, -0.2) is 0 Å². The van der Waals surface area contributed by atoms with Crippen LogP contribution in [0, 0.1) is 0 Å². The van der Waals surface area contributed by atoms with Crippen LogP contribution in [0.3, 0.4) is 0 Å².